The normalized spacial score (nSPS) is 19.0. The first-order chi connectivity index (χ1) is 8.52. The molecule has 6 heteroatoms. The zero-order valence-electron chi connectivity index (χ0n) is 9.76. The molecular weight excluding hydrogens is 272 g/mol. The van der Waals surface area contributed by atoms with Crippen LogP contribution >= 0.6 is 11.6 Å². The van der Waals surface area contributed by atoms with Gasteiger partial charge in [0.2, 0.25) is 0 Å². The fraction of sp³-hybridized carbons (Fsp3) is 0.417. The van der Waals surface area contributed by atoms with E-state index < -0.39 is 9.84 Å². The molecule has 1 aliphatic heterocycles. The summed E-state index contributed by atoms with van der Waals surface area (Å²) < 4.78 is 23.1. The molecule has 0 bridgehead atoms. The van der Waals surface area contributed by atoms with Gasteiger partial charge in [-0.05, 0) is 24.6 Å². The molecule has 1 aromatic rings. The summed E-state index contributed by atoms with van der Waals surface area (Å²) in [5.74, 6) is 0.361. The summed E-state index contributed by atoms with van der Waals surface area (Å²) in [6.45, 7) is 1.08. The molecule has 1 aromatic carbocycles. The van der Waals surface area contributed by atoms with E-state index in [1.165, 1.54) is 0 Å². The lowest BCUT2D eigenvalue weighted by Crippen LogP contribution is -2.27. The van der Waals surface area contributed by atoms with Crippen molar-refractivity contribution in [1.29, 1.82) is 5.26 Å². The third kappa shape index (κ3) is 2.95. The summed E-state index contributed by atoms with van der Waals surface area (Å²) >= 11 is 5.85. The Morgan fingerprint density at radius 3 is 2.78 bits per heavy atom. The van der Waals surface area contributed by atoms with Crippen LogP contribution in [0.5, 0.6) is 0 Å². The molecule has 0 amide bonds. The fourth-order valence-corrected chi connectivity index (χ4v) is 3.50. The van der Waals surface area contributed by atoms with Crippen molar-refractivity contribution in [2.24, 2.45) is 0 Å². The van der Waals surface area contributed by atoms with E-state index in [0.717, 1.165) is 5.69 Å². The lowest BCUT2D eigenvalue weighted by molar-refractivity contribution is 0.597. The molecular formula is C12H13ClN2O2S. The van der Waals surface area contributed by atoms with Gasteiger partial charge in [-0.15, -0.1) is 0 Å². The van der Waals surface area contributed by atoms with Gasteiger partial charge >= 0.3 is 0 Å². The predicted molar refractivity (Wildman–Crippen MR) is 71.7 cm³/mol. The molecule has 1 saturated heterocycles. The average molecular weight is 285 g/mol. The summed E-state index contributed by atoms with van der Waals surface area (Å²) in [5, 5.41) is 9.60. The fourth-order valence-electron chi connectivity index (χ4n) is 2.05. The van der Waals surface area contributed by atoms with E-state index >= 15 is 0 Å². The van der Waals surface area contributed by atoms with Crippen molar-refractivity contribution in [2.75, 3.05) is 29.5 Å². The van der Waals surface area contributed by atoms with Gasteiger partial charge in [0.1, 0.15) is 6.07 Å². The Morgan fingerprint density at radius 1 is 1.28 bits per heavy atom. The Balaban J connectivity index is 2.30. The second-order valence-corrected chi connectivity index (χ2v) is 7.01. The number of hydrogen-bond donors (Lipinski definition) is 0. The van der Waals surface area contributed by atoms with E-state index in [1.54, 1.807) is 18.2 Å². The average Bonchev–Trinajstić information content (AvgIpc) is 2.50. The molecule has 0 unspecified atom stereocenters. The van der Waals surface area contributed by atoms with E-state index in [4.69, 9.17) is 16.9 Å². The van der Waals surface area contributed by atoms with Crippen LogP contribution in [0.1, 0.15) is 12.0 Å². The minimum Gasteiger partial charge on any atom is -0.369 e. The highest BCUT2D eigenvalue weighted by molar-refractivity contribution is 7.91. The van der Waals surface area contributed by atoms with E-state index in [9.17, 15) is 8.42 Å². The number of benzene rings is 1. The van der Waals surface area contributed by atoms with Crippen molar-refractivity contribution in [3.63, 3.8) is 0 Å². The highest BCUT2D eigenvalue weighted by Gasteiger charge is 2.20. The summed E-state index contributed by atoms with van der Waals surface area (Å²) in [4.78, 5) is 1.94. The number of nitrogens with zero attached hydrogens (tertiary/aromatic N) is 2. The lowest BCUT2D eigenvalue weighted by atomic mass is 10.1. The Labute approximate surface area is 112 Å². The van der Waals surface area contributed by atoms with Crippen LogP contribution in [0.3, 0.4) is 0 Å². The van der Waals surface area contributed by atoms with E-state index in [1.807, 2.05) is 4.90 Å². The van der Waals surface area contributed by atoms with Gasteiger partial charge in [-0.3, -0.25) is 0 Å². The molecule has 0 radical (unpaired) electrons. The molecule has 1 fully saturated rings. The van der Waals surface area contributed by atoms with Gasteiger partial charge in [0, 0.05) is 18.1 Å². The molecule has 0 aromatic heterocycles. The van der Waals surface area contributed by atoms with Crippen molar-refractivity contribution in [3.05, 3.63) is 28.8 Å². The smallest absolute Gasteiger partial charge is 0.152 e. The molecule has 2 rings (SSSR count). The van der Waals surface area contributed by atoms with Gasteiger partial charge in [-0.25, -0.2) is 8.42 Å². The second-order valence-electron chi connectivity index (χ2n) is 4.27. The van der Waals surface area contributed by atoms with Crippen molar-refractivity contribution < 1.29 is 8.42 Å². The number of hydrogen-bond acceptors (Lipinski definition) is 4. The largest absolute Gasteiger partial charge is 0.369 e. The SMILES string of the molecule is N#Cc1cc(Cl)ccc1N1CCCS(=O)(=O)CC1. The number of nitriles is 1. The van der Waals surface area contributed by atoms with Gasteiger partial charge in [0.25, 0.3) is 0 Å². The number of halogens is 1. The van der Waals surface area contributed by atoms with Crippen LogP contribution in [0.4, 0.5) is 5.69 Å². The zero-order valence-corrected chi connectivity index (χ0v) is 11.3. The van der Waals surface area contributed by atoms with Crippen LogP contribution in [-0.4, -0.2) is 33.0 Å². The number of anilines is 1. The van der Waals surface area contributed by atoms with Crippen LogP contribution in [0, 0.1) is 11.3 Å². The highest BCUT2D eigenvalue weighted by atomic mass is 35.5. The molecule has 0 N–H and O–H groups in total. The van der Waals surface area contributed by atoms with Gasteiger partial charge < -0.3 is 4.90 Å². The highest BCUT2D eigenvalue weighted by Crippen LogP contribution is 2.25. The third-order valence-electron chi connectivity index (χ3n) is 2.98. The van der Waals surface area contributed by atoms with E-state index in [0.29, 0.717) is 30.1 Å². The van der Waals surface area contributed by atoms with Gasteiger partial charge in [0.05, 0.1) is 22.8 Å². The minimum atomic E-state index is -2.94. The molecule has 0 spiro atoms. The van der Waals surface area contributed by atoms with Gasteiger partial charge in [-0.2, -0.15) is 5.26 Å². The maximum atomic E-state index is 11.5. The second kappa shape index (κ2) is 5.17. The molecule has 0 aliphatic carbocycles. The maximum Gasteiger partial charge on any atom is 0.152 e. The summed E-state index contributed by atoms with van der Waals surface area (Å²) in [6.07, 6.45) is 0.593. The molecule has 1 aliphatic rings. The van der Waals surface area contributed by atoms with Crippen molar-refractivity contribution >= 4 is 27.1 Å². The van der Waals surface area contributed by atoms with E-state index in [2.05, 4.69) is 6.07 Å². The van der Waals surface area contributed by atoms with Crippen molar-refractivity contribution in [1.82, 2.24) is 0 Å². The van der Waals surface area contributed by atoms with E-state index in [-0.39, 0.29) is 11.5 Å². The minimum absolute atomic E-state index is 0.139. The summed E-state index contributed by atoms with van der Waals surface area (Å²) in [5.41, 5.74) is 1.25. The summed E-state index contributed by atoms with van der Waals surface area (Å²) in [7, 11) is -2.94. The first kappa shape index (κ1) is 13.2. The first-order valence-corrected chi connectivity index (χ1v) is 7.87. The lowest BCUT2D eigenvalue weighted by Gasteiger charge is -2.23. The molecule has 96 valence electrons. The van der Waals surface area contributed by atoms with Crippen LogP contribution in [0.25, 0.3) is 0 Å². The van der Waals surface area contributed by atoms with Gasteiger partial charge in [0.15, 0.2) is 9.84 Å². The third-order valence-corrected chi connectivity index (χ3v) is 4.93. The Hall–Kier alpha value is -1.25. The number of sulfone groups is 1. The summed E-state index contributed by atoms with van der Waals surface area (Å²) in [6, 6.07) is 7.20. The molecule has 0 atom stereocenters. The van der Waals surface area contributed by atoms with Crippen LogP contribution in [0.2, 0.25) is 5.02 Å². The van der Waals surface area contributed by atoms with Crippen LogP contribution < -0.4 is 4.90 Å². The Kier molecular flexibility index (Phi) is 3.79. The molecule has 1 heterocycles. The monoisotopic (exact) mass is 284 g/mol. The molecule has 0 saturated carbocycles. The number of rotatable bonds is 1. The molecule has 4 nitrogen and oxygen atoms in total. The zero-order chi connectivity index (χ0) is 13.2. The van der Waals surface area contributed by atoms with Gasteiger partial charge in [-0.1, -0.05) is 11.6 Å². The Morgan fingerprint density at radius 2 is 2.06 bits per heavy atom. The standard InChI is InChI=1S/C12H13ClN2O2S/c13-11-2-3-12(10(8-11)9-14)15-4-1-6-18(16,17)7-5-15/h2-3,8H,1,4-7H2. The first-order valence-electron chi connectivity index (χ1n) is 5.67. The molecule has 18 heavy (non-hydrogen) atoms. The predicted octanol–water partition coefficient (Wildman–Crippen LogP) is 1.84. The van der Waals surface area contributed by atoms with Crippen LogP contribution in [0.15, 0.2) is 18.2 Å². The Bertz CT molecular complexity index is 593. The maximum absolute atomic E-state index is 11.5. The van der Waals surface area contributed by atoms with Crippen molar-refractivity contribution in [3.8, 4) is 6.07 Å². The van der Waals surface area contributed by atoms with Crippen LogP contribution in [-0.2, 0) is 9.84 Å². The quantitative estimate of drug-likeness (QED) is 0.789. The van der Waals surface area contributed by atoms with Crippen molar-refractivity contribution in [2.45, 2.75) is 6.42 Å². The topological polar surface area (TPSA) is 61.2 Å².